The molecule has 116 valence electrons. The number of nitrogens with zero attached hydrogens (tertiary/aromatic N) is 2. The van der Waals surface area contributed by atoms with Crippen LogP contribution in [-0.4, -0.2) is 42.0 Å². The highest BCUT2D eigenvalue weighted by atomic mass is 32.2. The van der Waals surface area contributed by atoms with Gasteiger partial charge in [0.05, 0.1) is 0 Å². The lowest BCUT2D eigenvalue weighted by atomic mass is 10.1. The average molecular weight is 326 g/mol. The maximum Gasteiger partial charge on any atom is 0.265 e. The Morgan fingerprint density at radius 2 is 2.19 bits per heavy atom. The molecule has 1 aromatic rings. The molecule has 0 bridgehead atoms. The van der Waals surface area contributed by atoms with E-state index in [1.54, 1.807) is 0 Å². The van der Waals surface area contributed by atoms with Crippen molar-refractivity contribution >= 4 is 40.0 Å². The van der Waals surface area contributed by atoms with Gasteiger partial charge in [0.1, 0.15) is 10.7 Å². The van der Waals surface area contributed by atoms with Gasteiger partial charge in [-0.05, 0) is 43.1 Å². The normalized spacial score (nSPS) is 22.5. The van der Waals surface area contributed by atoms with Crippen LogP contribution in [0.15, 0.2) is 0 Å². The van der Waals surface area contributed by atoms with Crippen LogP contribution in [0.2, 0.25) is 0 Å². The fourth-order valence-corrected chi connectivity index (χ4v) is 5.00. The molecule has 0 spiro atoms. The molecule has 0 aliphatic carbocycles. The number of hydrogen-bond donors (Lipinski definition) is 2. The summed E-state index contributed by atoms with van der Waals surface area (Å²) in [5.41, 5.74) is 5.94. The van der Waals surface area contributed by atoms with Crippen LogP contribution >= 0.6 is 23.1 Å². The number of aromatic nitrogens is 1. The van der Waals surface area contributed by atoms with Gasteiger partial charge in [-0.25, -0.2) is 4.98 Å². The van der Waals surface area contributed by atoms with Crippen LogP contribution in [0.3, 0.4) is 0 Å². The summed E-state index contributed by atoms with van der Waals surface area (Å²) in [4.78, 5) is 19.5. The summed E-state index contributed by atoms with van der Waals surface area (Å²) in [7, 11) is 0. The van der Waals surface area contributed by atoms with Crippen LogP contribution in [0.1, 0.15) is 35.4 Å². The van der Waals surface area contributed by atoms with Crippen LogP contribution in [0.25, 0.3) is 0 Å². The minimum absolute atomic E-state index is 0.0647. The number of nitrogens with two attached hydrogens (primary N) is 1. The van der Waals surface area contributed by atoms with E-state index in [4.69, 9.17) is 5.73 Å². The number of thioether (sulfide) groups is 1. The number of hydrogen-bond acceptors (Lipinski definition) is 6. The zero-order valence-electron chi connectivity index (χ0n) is 12.1. The lowest BCUT2D eigenvalue weighted by molar-refractivity contribution is 0.0953. The van der Waals surface area contributed by atoms with Crippen LogP contribution in [-0.2, 0) is 0 Å². The van der Waals surface area contributed by atoms with E-state index in [1.807, 2.05) is 11.8 Å². The topological polar surface area (TPSA) is 71.2 Å². The molecular weight excluding hydrogens is 304 g/mol. The van der Waals surface area contributed by atoms with Crippen molar-refractivity contribution in [2.45, 2.75) is 25.7 Å². The van der Waals surface area contributed by atoms with E-state index >= 15 is 0 Å². The molecule has 21 heavy (non-hydrogen) atoms. The largest absolute Gasteiger partial charge is 0.382 e. The fraction of sp³-hybridized carbons (Fsp3) is 0.714. The minimum Gasteiger partial charge on any atom is -0.382 e. The first kappa shape index (κ1) is 15.0. The Labute approximate surface area is 133 Å². The highest BCUT2D eigenvalue weighted by molar-refractivity contribution is 7.99. The lowest BCUT2D eigenvalue weighted by Gasteiger charge is -2.25. The van der Waals surface area contributed by atoms with Crippen molar-refractivity contribution < 1.29 is 4.79 Å². The van der Waals surface area contributed by atoms with Crippen molar-refractivity contribution in [2.24, 2.45) is 5.92 Å². The minimum atomic E-state index is -0.0647. The van der Waals surface area contributed by atoms with Gasteiger partial charge in [-0.3, -0.25) is 4.79 Å². The van der Waals surface area contributed by atoms with E-state index in [9.17, 15) is 4.79 Å². The van der Waals surface area contributed by atoms with Gasteiger partial charge in [0.15, 0.2) is 5.13 Å². The summed E-state index contributed by atoms with van der Waals surface area (Å²) in [6.45, 7) is 2.79. The Balaban J connectivity index is 1.61. The van der Waals surface area contributed by atoms with E-state index < -0.39 is 0 Å². The molecule has 0 aromatic carbocycles. The molecule has 2 saturated heterocycles. The van der Waals surface area contributed by atoms with Crippen molar-refractivity contribution in [3.63, 3.8) is 0 Å². The van der Waals surface area contributed by atoms with Crippen molar-refractivity contribution in [3.05, 3.63) is 4.88 Å². The summed E-state index contributed by atoms with van der Waals surface area (Å²) in [6, 6.07) is 0. The Morgan fingerprint density at radius 1 is 1.38 bits per heavy atom. The predicted octanol–water partition coefficient (Wildman–Crippen LogP) is 2.20. The van der Waals surface area contributed by atoms with Gasteiger partial charge in [-0.2, -0.15) is 11.8 Å². The van der Waals surface area contributed by atoms with E-state index in [0.29, 0.717) is 16.6 Å². The third kappa shape index (κ3) is 3.63. The molecule has 0 saturated carbocycles. The lowest BCUT2D eigenvalue weighted by Crippen LogP contribution is -2.29. The van der Waals surface area contributed by atoms with E-state index in [1.165, 1.54) is 42.8 Å². The predicted molar refractivity (Wildman–Crippen MR) is 90.4 cm³/mol. The Bertz CT molecular complexity index is 493. The summed E-state index contributed by atoms with van der Waals surface area (Å²) < 4.78 is 0. The molecule has 3 heterocycles. The number of rotatable bonds is 4. The Morgan fingerprint density at radius 3 is 2.90 bits per heavy atom. The van der Waals surface area contributed by atoms with Gasteiger partial charge in [-0.1, -0.05) is 11.3 Å². The Hall–Kier alpha value is -0.950. The summed E-state index contributed by atoms with van der Waals surface area (Å²) in [5, 5.41) is 3.91. The molecule has 1 atom stereocenters. The third-order valence-electron chi connectivity index (χ3n) is 4.05. The second-order valence-electron chi connectivity index (χ2n) is 5.70. The molecule has 5 nitrogen and oxygen atoms in total. The number of thiazole rings is 1. The smallest absolute Gasteiger partial charge is 0.265 e. The second-order valence-corrected chi connectivity index (χ2v) is 7.83. The highest BCUT2D eigenvalue weighted by Crippen LogP contribution is 2.30. The molecular formula is C14H22N4OS2. The number of carbonyl (C=O) groups excluding carboxylic acids is 1. The third-order valence-corrected chi connectivity index (χ3v) is 6.41. The second kappa shape index (κ2) is 6.87. The quantitative estimate of drug-likeness (QED) is 0.887. The van der Waals surface area contributed by atoms with Crippen LogP contribution in [0.5, 0.6) is 0 Å². The van der Waals surface area contributed by atoms with E-state index in [2.05, 4.69) is 15.2 Å². The van der Waals surface area contributed by atoms with Gasteiger partial charge in [0.2, 0.25) is 0 Å². The van der Waals surface area contributed by atoms with E-state index in [-0.39, 0.29) is 5.91 Å². The molecule has 1 amide bonds. The van der Waals surface area contributed by atoms with Gasteiger partial charge in [0, 0.05) is 19.6 Å². The fourth-order valence-electron chi connectivity index (χ4n) is 2.76. The van der Waals surface area contributed by atoms with Crippen molar-refractivity contribution in [1.82, 2.24) is 10.3 Å². The van der Waals surface area contributed by atoms with Crippen molar-refractivity contribution in [1.29, 1.82) is 0 Å². The van der Waals surface area contributed by atoms with Gasteiger partial charge < -0.3 is 16.0 Å². The summed E-state index contributed by atoms with van der Waals surface area (Å²) >= 11 is 3.39. The number of nitrogen functional groups attached to an aromatic ring is 1. The molecule has 2 aliphatic heterocycles. The number of carbonyl (C=O) groups is 1. The summed E-state index contributed by atoms with van der Waals surface area (Å²) in [5.74, 6) is 3.28. The number of anilines is 2. The first-order chi connectivity index (χ1) is 10.2. The van der Waals surface area contributed by atoms with Gasteiger partial charge in [-0.15, -0.1) is 0 Å². The van der Waals surface area contributed by atoms with Crippen LogP contribution < -0.4 is 16.0 Å². The van der Waals surface area contributed by atoms with Gasteiger partial charge in [0.25, 0.3) is 5.91 Å². The molecule has 1 unspecified atom stereocenters. The SMILES string of the molecule is Nc1nc(N2CCCCC2)sc1C(=O)NCC1CCSC1. The number of amides is 1. The molecule has 7 heteroatoms. The maximum atomic E-state index is 12.3. The first-order valence-corrected chi connectivity index (χ1v) is 9.58. The van der Waals surface area contributed by atoms with E-state index in [0.717, 1.165) is 30.5 Å². The first-order valence-electron chi connectivity index (χ1n) is 7.61. The van der Waals surface area contributed by atoms with Gasteiger partial charge >= 0.3 is 0 Å². The monoisotopic (exact) mass is 326 g/mol. The van der Waals surface area contributed by atoms with Crippen LogP contribution in [0.4, 0.5) is 10.9 Å². The standard InChI is InChI=1S/C14H22N4OS2/c15-12-11(13(19)16-8-10-4-7-20-9-10)21-14(17-12)18-5-2-1-3-6-18/h10H,1-9,15H2,(H,16,19). The molecule has 1 aromatic heterocycles. The van der Waals surface area contributed by atoms with Crippen molar-refractivity contribution in [2.75, 3.05) is 41.8 Å². The Kier molecular flexibility index (Phi) is 4.90. The number of piperidine rings is 1. The number of nitrogens with one attached hydrogen (secondary N) is 1. The zero-order valence-corrected chi connectivity index (χ0v) is 13.8. The van der Waals surface area contributed by atoms with Crippen molar-refractivity contribution in [3.8, 4) is 0 Å². The maximum absolute atomic E-state index is 12.3. The molecule has 0 radical (unpaired) electrons. The average Bonchev–Trinajstić information content (AvgIpc) is 3.15. The molecule has 2 aliphatic rings. The summed E-state index contributed by atoms with van der Waals surface area (Å²) in [6.07, 6.45) is 4.87. The molecule has 2 fully saturated rings. The highest BCUT2D eigenvalue weighted by Gasteiger charge is 2.22. The van der Waals surface area contributed by atoms with Crippen LogP contribution in [0, 0.1) is 5.92 Å². The zero-order chi connectivity index (χ0) is 14.7. The molecule has 3 rings (SSSR count). The molecule has 3 N–H and O–H groups in total.